The minimum absolute atomic E-state index is 0.107. The Morgan fingerprint density at radius 1 is 1.20 bits per heavy atom. The zero-order valence-electron chi connectivity index (χ0n) is 15.9. The fourth-order valence-corrected chi connectivity index (χ4v) is 4.08. The van der Waals surface area contributed by atoms with Gasteiger partial charge in [0.1, 0.15) is 11.9 Å². The van der Waals surface area contributed by atoms with Crippen LogP contribution in [0.15, 0.2) is 36.7 Å². The maximum absolute atomic E-state index is 14.0. The summed E-state index contributed by atoms with van der Waals surface area (Å²) in [5.74, 6) is -0.146. The van der Waals surface area contributed by atoms with E-state index in [1.54, 1.807) is 25.4 Å². The number of aromatic nitrogens is 2. The predicted molar refractivity (Wildman–Crippen MR) is 113 cm³/mol. The van der Waals surface area contributed by atoms with Crippen LogP contribution in [-0.2, 0) is 6.54 Å². The van der Waals surface area contributed by atoms with Crippen molar-refractivity contribution < 1.29 is 13.5 Å². The van der Waals surface area contributed by atoms with Crippen LogP contribution in [0.25, 0.3) is 11.1 Å². The Bertz CT molecular complexity index is 1110. The molecule has 1 aromatic carbocycles. The molecule has 0 bridgehead atoms. The molecule has 2 atom stereocenters. The highest BCUT2D eigenvalue weighted by atomic mass is 35.5. The predicted octanol–water partition coefficient (Wildman–Crippen LogP) is 5.43. The van der Waals surface area contributed by atoms with Gasteiger partial charge in [0.25, 0.3) is 0 Å². The van der Waals surface area contributed by atoms with Gasteiger partial charge < -0.3 is 15.8 Å². The molecule has 0 radical (unpaired) electrons. The minimum atomic E-state index is -1.13. The van der Waals surface area contributed by atoms with Crippen molar-refractivity contribution in [2.45, 2.75) is 25.7 Å². The van der Waals surface area contributed by atoms with Crippen molar-refractivity contribution in [2.75, 3.05) is 12.3 Å². The normalized spacial score (nSPS) is 16.8. The first-order chi connectivity index (χ1) is 14.3. The molecule has 0 fully saturated rings. The lowest BCUT2D eigenvalue weighted by molar-refractivity contribution is 0.227. The molecule has 0 saturated heterocycles. The highest BCUT2D eigenvalue weighted by molar-refractivity contribution is 6.36. The van der Waals surface area contributed by atoms with Crippen molar-refractivity contribution in [3.8, 4) is 16.9 Å². The van der Waals surface area contributed by atoms with Crippen LogP contribution in [-0.4, -0.2) is 16.5 Å². The number of hydrogen-bond donors (Lipinski definition) is 2. The molecule has 0 amide bonds. The second kappa shape index (κ2) is 8.34. The summed E-state index contributed by atoms with van der Waals surface area (Å²) in [5, 5.41) is 3.19. The number of benzene rings is 1. The smallest absolute Gasteiger partial charge is 0.166 e. The van der Waals surface area contributed by atoms with Crippen LogP contribution >= 0.6 is 23.2 Å². The Morgan fingerprint density at radius 3 is 2.73 bits per heavy atom. The molecule has 3 aromatic rings. The lowest BCUT2D eigenvalue weighted by Crippen LogP contribution is -2.26. The number of fused-ring (bicyclic) bond motifs is 1. The summed E-state index contributed by atoms with van der Waals surface area (Å²) in [7, 11) is 0. The average Bonchev–Trinajstić information content (AvgIpc) is 2.72. The molecular formula is C21H18Cl2F2N4O. The first kappa shape index (κ1) is 20.8. The third-order valence-electron chi connectivity index (χ3n) is 4.94. The third kappa shape index (κ3) is 3.93. The fraction of sp³-hybridized carbons (Fsp3) is 0.238. The molecule has 1 aliphatic rings. The summed E-state index contributed by atoms with van der Waals surface area (Å²) >= 11 is 12.3. The van der Waals surface area contributed by atoms with E-state index in [0.29, 0.717) is 23.4 Å². The fourth-order valence-electron chi connectivity index (χ4n) is 3.40. The molecule has 9 heteroatoms. The molecule has 1 unspecified atom stereocenters. The van der Waals surface area contributed by atoms with Gasteiger partial charge in [-0.2, -0.15) is 0 Å². The molecule has 30 heavy (non-hydrogen) atoms. The number of nitrogens with two attached hydrogens (primary N) is 1. The number of halogens is 4. The van der Waals surface area contributed by atoms with Gasteiger partial charge in [0.2, 0.25) is 0 Å². The van der Waals surface area contributed by atoms with Gasteiger partial charge >= 0.3 is 0 Å². The lowest BCUT2D eigenvalue weighted by Gasteiger charge is -2.21. The van der Waals surface area contributed by atoms with E-state index in [1.165, 1.54) is 12.1 Å². The molecule has 0 spiro atoms. The van der Waals surface area contributed by atoms with E-state index >= 15 is 0 Å². The van der Waals surface area contributed by atoms with Gasteiger partial charge in [-0.15, -0.1) is 0 Å². The molecule has 2 aromatic heterocycles. The highest BCUT2D eigenvalue weighted by Crippen LogP contribution is 2.37. The first-order valence-corrected chi connectivity index (χ1v) is 10.00. The van der Waals surface area contributed by atoms with Crippen LogP contribution in [0, 0.1) is 5.82 Å². The van der Waals surface area contributed by atoms with E-state index in [2.05, 4.69) is 15.3 Å². The summed E-state index contributed by atoms with van der Waals surface area (Å²) in [6.07, 6.45) is 1.37. The number of hydrogen-bond acceptors (Lipinski definition) is 5. The molecule has 0 aliphatic carbocycles. The van der Waals surface area contributed by atoms with E-state index < -0.39 is 18.1 Å². The monoisotopic (exact) mass is 450 g/mol. The number of nitrogens with zero attached hydrogens (tertiary/aromatic N) is 2. The van der Waals surface area contributed by atoms with Crippen molar-refractivity contribution in [2.24, 2.45) is 0 Å². The van der Waals surface area contributed by atoms with Gasteiger partial charge in [-0.3, -0.25) is 4.98 Å². The molecule has 3 N–H and O–H groups in total. The quantitative estimate of drug-likeness (QED) is 0.518. The van der Waals surface area contributed by atoms with E-state index in [0.717, 1.165) is 11.1 Å². The Morgan fingerprint density at radius 2 is 1.93 bits per heavy atom. The molecule has 4 rings (SSSR count). The minimum Gasteiger partial charge on any atom is -0.482 e. The number of rotatable bonds is 4. The van der Waals surface area contributed by atoms with Crippen LogP contribution < -0.4 is 15.8 Å². The van der Waals surface area contributed by atoms with Crippen LogP contribution in [0.3, 0.4) is 0 Å². The SMILES string of the molecule is C[C@@H](Oc1cc(-c2cnc3c(c2)CNCC3F)cnc1N)c1c(Cl)ccc(F)c1Cl. The number of pyridine rings is 2. The summed E-state index contributed by atoms with van der Waals surface area (Å²) in [4.78, 5) is 8.47. The topological polar surface area (TPSA) is 73.1 Å². The Labute approximate surface area is 182 Å². The van der Waals surface area contributed by atoms with Crippen molar-refractivity contribution in [1.82, 2.24) is 15.3 Å². The molecule has 0 saturated carbocycles. The van der Waals surface area contributed by atoms with Crippen LogP contribution in [0.5, 0.6) is 5.75 Å². The largest absolute Gasteiger partial charge is 0.482 e. The van der Waals surface area contributed by atoms with E-state index in [4.69, 9.17) is 33.7 Å². The Hall–Kier alpha value is -2.48. The van der Waals surface area contributed by atoms with Gasteiger partial charge in [-0.25, -0.2) is 13.8 Å². The molecule has 5 nitrogen and oxygen atoms in total. The summed E-state index contributed by atoms with van der Waals surface area (Å²) in [5.41, 5.74) is 8.97. The number of nitrogens with one attached hydrogen (secondary N) is 1. The Balaban J connectivity index is 1.66. The Kier molecular flexibility index (Phi) is 5.77. The van der Waals surface area contributed by atoms with E-state index in [-0.39, 0.29) is 28.2 Å². The second-order valence-corrected chi connectivity index (χ2v) is 7.78. The average molecular weight is 451 g/mol. The zero-order valence-corrected chi connectivity index (χ0v) is 17.4. The molecule has 156 valence electrons. The van der Waals surface area contributed by atoms with Crippen LogP contribution in [0.4, 0.5) is 14.6 Å². The number of ether oxygens (including phenoxy) is 1. The number of nitrogen functional groups attached to an aromatic ring is 1. The van der Waals surface area contributed by atoms with Crippen molar-refractivity contribution in [3.63, 3.8) is 0 Å². The summed E-state index contributed by atoms with van der Waals surface area (Å²) < 4.78 is 33.8. The first-order valence-electron chi connectivity index (χ1n) is 9.24. The second-order valence-electron chi connectivity index (χ2n) is 6.99. The summed E-state index contributed by atoms with van der Waals surface area (Å²) in [6.45, 7) is 2.48. The maximum atomic E-state index is 14.0. The third-order valence-corrected chi connectivity index (χ3v) is 5.66. The van der Waals surface area contributed by atoms with Crippen molar-refractivity contribution in [1.29, 1.82) is 0 Å². The molecule has 3 heterocycles. The van der Waals surface area contributed by atoms with Gasteiger partial charge in [0, 0.05) is 47.2 Å². The van der Waals surface area contributed by atoms with Gasteiger partial charge in [0.05, 0.1) is 10.7 Å². The maximum Gasteiger partial charge on any atom is 0.166 e. The molecule has 1 aliphatic heterocycles. The van der Waals surface area contributed by atoms with Crippen molar-refractivity contribution in [3.05, 3.63) is 69.3 Å². The number of alkyl halides is 1. The van der Waals surface area contributed by atoms with Gasteiger partial charge in [0.15, 0.2) is 17.7 Å². The molecular weight excluding hydrogens is 433 g/mol. The van der Waals surface area contributed by atoms with E-state index in [1.807, 2.05) is 6.07 Å². The standard InChI is InChI=1S/C21H18Cl2F2N4O/c1-10(18-14(22)2-3-15(24)19(18)23)30-17-5-12(8-29-21(17)26)11-4-13-6-27-9-16(25)20(13)28-7-11/h2-5,7-8,10,16,27H,6,9H2,1H3,(H2,26,29)/t10-,16?/m1/s1. The van der Waals surface area contributed by atoms with Gasteiger partial charge in [-0.1, -0.05) is 23.2 Å². The zero-order chi connectivity index (χ0) is 21.4. The van der Waals surface area contributed by atoms with Gasteiger partial charge in [-0.05, 0) is 36.8 Å². The van der Waals surface area contributed by atoms with E-state index in [9.17, 15) is 8.78 Å². The highest BCUT2D eigenvalue weighted by Gasteiger charge is 2.22. The summed E-state index contributed by atoms with van der Waals surface area (Å²) in [6, 6.07) is 6.17. The van der Waals surface area contributed by atoms with Crippen molar-refractivity contribution >= 4 is 29.0 Å². The number of anilines is 1. The lowest BCUT2D eigenvalue weighted by atomic mass is 10.0. The van der Waals surface area contributed by atoms with Crippen LogP contribution in [0.1, 0.15) is 36.0 Å². The van der Waals surface area contributed by atoms with Crippen LogP contribution in [0.2, 0.25) is 10.0 Å².